The van der Waals surface area contributed by atoms with Crippen LogP contribution in [0.3, 0.4) is 0 Å². The number of nitrogens with zero attached hydrogens (tertiary/aromatic N) is 4. The van der Waals surface area contributed by atoms with Gasteiger partial charge in [0.1, 0.15) is 6.04 Å². The van der Waals surface area contributed by atoms with E-state index < -0.39 is 6.04 Å². The zero-order chi connectivity index (χ0) is 10.8. The van der Waals surface area contributed by atoms with Crippen LogP contribution in [-0.2, 0) is 7.05 Å². The van der Waals surface area contributed by atoms with Crippen LogP contribution in [0.15, 0.2) is 16.9 Å². The Balaban J connectivity index is 2.27. The van der Waals surface area contributed by atoms with E-state index in [1.165, 1.54) is 0 Å². The molecule has 7 heteroatoms. The van der Waals surface area contributed by atoms with Gasteiger partial charge in [-0.15, -0.1) is 0 Å². The summed E-state index contributed by atoms with van der Waals surface area (Å²) >= 11 is 0. The Bertz CT molecular complexity index is 449. The molecule has 0 aliphatic rings. The largest absolute Gasteiger partial charge is 0.394 e. The molecule has 0 spiro atoms. The molecular formula is C8H11N5O2. The maximum atomic E-state index is 8.80. The first-order valence-corrected chi connectivity index (χ1v) is 4.39. The molecule has 0 saturated carbocycles. The van der Waals surface area contributed by atoms with Gasteiger partial charge in [0.2, 0.25) is 11.7 Å². The van der Waals surface area contributed by atoms with Crippen LogP contribution in [-0.4, -0.2) is 31.6 Å². The topological polar surface area (TPSA) is 103 Å². The van der Waals surface area contributed by atoms with Crippen LogP contribution in [0.1, 0.15) is 11.9 Å². The predicted molar refractivity (Wildman–Crippen MR) is 50.5 cm³/mol. The molecule has 0 bridgehead atoms. The van der Waals surface area contributed by atoms with Crippen LogP contribution in [0.5, 0.6) is 0 Å². The van der Waals surface area contributed by atoms with E-state index in [1.54, 1.807) is 24.1 Å². The third-order valence-corrected chi connectivity index (χ3v) is 1.92. The Morgan fingerprint density at radius 3 is 3.07 bits per heavy atom. The fourth-order valence-electron chi connectivity index (χ4n) is 1.12. The lowest BCUT2D eigenvalue weighted by molar-refractivity contribution is 0.237. The van der Waals surface area contributed by atoms with E-state index in [0.717, 1.165) is 5.56 Å². The Morgan fingerprint density at radius 2 is 2.47 bits per heavy atom. The third kappa shape index (κ3) is 1.88. The Labute approximate surface area is 85.5 Å². The van der Waals surface area contributed by atoms with Crippen molar-refractivity contribution in [3.63, 3.8) is 0 Å². The molecule has 2 heterocycles. The quantitative estimate of drug-likeness (QED) is 0.703. The van der Waals surface area contributed by atoms with Gasteiger partial charge < -0.3 is 15.4 Å². The molecule has 0 fully saturated rings. The SMILES string of the molecule is Cn1cc(-c2noc([C@H](N)CO)n2)cn1. The van der Waals surface area contributed by atoms with E-state index in [1.807, 2.05) is 0 Å². The van der Waals surface area contributed by atoms with Gasteiger partial charge in [0.05, 0.1) is 18.4 Å². The average Bonchev–Trinajstić information content (AvgIpc) is 2.84. The molecule has 2 aromatic rings. The molecule has 2 rings (SSSR count). The smallest absolute Gasteiger partial charge is 0.246 e. The summed E-state index contributed by atoms with van der Waals surface area (Å²) in [5.41, 5.74) is 6.27. The molecule has 2 aromatic heterocycles. The highest BCUT2D eigenvalue weighted by atomic mass is 16.5. The van der Waals surface area contributed by atoms with Crippen LogP contribution in [0.2, 0.25) is 0 Å². The molecule has 0 amide bonds. The molecular weight excluding hydrogens is 198 g/mol. The van der Waals surface area contributed by atoms with Crippen LogP contribution < -0.4 is 5.73 Å². The number of rotatable bonds is 3. The van der Waals surface area contributed by atoms with Crippen LogP contribution in [0.25, 0.3) is 11.4 Å². The Hall–Kier alpha value is -1.73. The minimum absolute atomic E-state index is 0.219. The highest BCUT2D eigenvalue weighted by Crippen LogP contribution is 2.16. The van der Waals surface area contributed by atoms with Gasteiger partial charge in [0, 0.05) is 13.2 Å². The van der Waals surface area contributed by atoms with Gasteiger partial charge in [0.25, 0.3) is 0 Å². The summed E-state index contributed by atoms with van der Waals surface area (Å²) < 4.78 is 6.53. The maximum Gasteiger partial charge on any atom is 0.246 e. The highest BCUT2D eigenvalue weighted by Gasteiger charge is 2.15. The van der Waals surface area contributed by atoms with E-state index in [4.69, 9.17) is 15.4 Å². The summed E-state index contributed by atoms with van der Waals surface area (Å²) in [4.78, 5) is 4.05. The van der Waals surface area contributed by atoms with Gasteiger partial charge in [-0.25, -0.2) is 0 Å². The number of aliphatic hydroxyl groups excluding tert-OH is 1. The number of aliphatic hydroxyl groups is 1. The molecule has 0 aromatic carbocycles. The van der Waals surface area contributed by atoms with E-state index in [2.05, 4.69) is 15.2 Å². The van der Waals surface area contributed by atoms with E-state index in [-0.39, 0.29) is 12.5 Å². The fraction of sp³-hybridized carbons (Fsp3) is 0.375. The van der Waals surface area contributed by atoms with Crippen molar-refractivity contribution >= 4 is 0 Å². The first-order chi connectivity index (χ1) is 7.20. The zero-order valence-electron chi connectivity index (χ0n) is 8.16. The normalized spacial score (nSPS) is 13.0. The van der Waals surface area contributed by atoms with Crippen molar-refractivity contribution in [1.82, 2.24) is 19.9 Å². The monoisotopic (exact) mass is 209 g/mol. The molecule has 0 aliphatic carbocycles. The minimum Gasteiger partial charge on any atom is -0.394 e. The van der Waals surface area contributed by atoms with Gasteiger partial charge in [-0.1, -0.05) is 5.16 Å². The summed E-state index contributed by atoms with van der Waals surface area (Å²) in [7, 11) is 1.80. The van der Waals surface area contributed by atoms with Crippen molar-refractivity contribution in [3.05, 3.63) is 18.3 Å². The van der Waals surface area contributed by atoms with Crippen molar-refractivity contribution in [2.24, 2.45) is 12.8 Å². The molecule has 15 heavy (non-hydrogen) atoms. The van der Waals surface area contributed by atoms with Crippen molar-refractivity contribution in [3.8, 4) is 11.4 Å². The molecule has 0 saturated heterocycles. The number of aryl methyl sites for hydroxylation is 1. The Morgan fingerprint density at radius 1 is 1.67 bits per heavy atom. The van der Waals surface area contributed by atoms with Crippen LogP contribution in [0.4, 0.5) is 0 Å². The first kappa shape index (κ1) is 9.81. The van der Waals surface area contributed by atoms with Gasteiger partial charge in [-0.05, 0) is 0 Å². The summed E-state index contributed by atoms with van der Waals surface area (Å²) in [6.07, 6.45) is 3.39. The van der Waals surface area contributed by atoms with Gasteiger partial charge >= 0.3 is 0 Å². The van der Waals surface area contributed by atoms with E-state index in [9.17, 15) is 0 Å². The van der Waals surface area contributed by atoms with Crippen molar-refractivity contribution < 1.29 is 9.63 Å². The lowest BCUT2D eigenvalue weighted by Crippen LogP contribution is -2.14. The molecule has 1 atom stereocenters. The van der Waals surface area contributed by atoms with E-state index in [0.29, 0.717) is 5.82 Å². The second kappa shape index (κ2) is 3.79. The summed E-state index contributed by atoms with van der Waals surface area (Å²) in [6, 6.07) is -0.636. The number of nitrogens with two attached hydrogens (primary N) is 1. The van der Waals surface area contributed by atoms with Crippen LogP contribution >= 0.6 is 0 Å². The summed E-state index contributed by atoms with van der Waals surface area (Å²) in [5.74, 6) is 0.637. The summed E-state index contributed by atoms with van der Waals surface area (Å²) in [5, 5.41) is 16.5. The molecule has 0 unspecified atom stereocenters. The van der Waals surface area contributed by atoms with Crippen LogP contribution in [0, 0.1) is 0 Å². The number of hydrogen-bond donors (Lipinski definition) is 2. The second-order valence-electron chi connectivity index (χ2n) is 3.15. The van der Waals surface area contributed by atoms with Crippen molar-refractivity contribution in [1.29, 1.82) is 0 Å². The molecule has 7 nitrogen and oxygen atoms in total. The molecule has 0 aliphatic heterocycles. The van der Waals surface area contributed by atoms with Crippen molar-refractivity contribution in [2.45, 2.75) is 6.04 Å². The number of hydrogen-bond acceptors (Lipinski definition) is 6. The number of aromatic nitrogens is 4. The first-order valence-electron chi connectivity index (χ1n) is 4.39. The lowest BCUT2D eigenvalue weighted by atomic mass is 10.3. The van der Waals surface area contributed by atoms with E-state index >= 15 is 0 Å². The maximum absolute atomic E-state index is 8.80. The minimum atomic E-state index is -0.636. The summed E-state index contributed by atoms with van der Waals surface area (Å²) in [6.45, 7) is -0.228. The van der Waals surface area contributed by atoms with Gasteiger partial charge in [0.15, 0.2) is 0 Å². The fourth-order valence-corrected chi connectivity index (χ4v) is 1.12. The highest BCUT2D eigenvalue weighted by molar-refractivity contribution is 5.51. The molecule has 80 valence electrons. The molecule has 0 radical (unpaired) electrons. The lowest BCUT2D eigenvalue weighted by Gasteiger charge is -1.98. The van der Waals surface area contributed by atoms with Crippen molar-refractivity contribution in [2.75, 3.05) is 6.61 Å². The predicted octanol–water partition coefficient (Wildman–Crippen LogP) is -0.538. The van der Waals surface area contributed by atoms with Gasteiger partial charge in [-0.2, -0.15) is 10.1 Å². The zero-order valence-corrected chi connectivity index (χ0v) is 8.16. The average molecular weight is 209 g/mol. The molecule has 3 N–H and O–H groups in total. The Kier molecular flexibility index (Phi) is 2.48. The standard InChI is InChI=1S/C8H11N5O2/c1-13-3-5(2-10-13)7-11-8(15-12-7)6(9)4-14/h2-3,6,14H,4,9H2,1H3/t6-/m1/s1. The third-order valence-electron chi connectivity index (χ3n) is 1.92. The van der Waals surface area contributed by atoms with Gasteiger partial charge in [-0.3, -0.25) is 4.68 Å². The second-order valence-corrected chi connectivity index (χ2v) is 3.15.